The quantitative estimate of drug-likeness (QED) is 0.875. The fourth-order valence-corrected chi connectivity index (χ4v) is 2.65. The Labute approximate surface area is 112 Å². The molecule has 0 saturated heterocycles. The number of nitrogens with one attached hydrogen (secondary N) is 1. The molecule has 1 aromatic heterocycles. The maximum atomic E-state index is 12.0. The zero-order valence-corrected chi connectivity index (χ0v) is 11.1. The summed E-state index contributed by atoms with van der Waals surface area (Å²) in [7, 11) is 0. The third-order valence-corrected chi connectivity index (χ3v) is 3.70. The van der Waals surface area contributed by atoms with E-state index in [4.69, 9.17) is 9.52 Å². The van der Waals surface area contributed by atoms with Gasteiger partial charge in [0.05, 0.1) is 12.7 Å². The highest BCUT2D eigenvalue weighted by Crippen LogP contribution is 2.27. The lowest BCUT2D eigenvalue weighted by Gasteiger charge is -2.34. The Morgan fingerprint density at radius 1 is 1.37 bits per heavy atom. The van der Waals surface area contributed by atoms with Crippen LogP contribution in [-0.4, -0.2) is 22.5 Å². The first-order valence-corrected chi connectivity index (χ1v) is 6.61. The highest BCUT2D eigenvalue weighted by atomic mass is 16.4. The lowest BCUT2D eigenvalue weighted by molar-refractivity contribution is -0.122. The van der Waals surface area contributed by atoms with Crippen LogP contribution in [0, 0.1) is 0 Å². The van der Waals surface area contributed by atoms with E-state index >= 15 is 0 Å². The molecule has 1 aliphatic rings. The molecule has 0 unspecified atom stereocenters. The fraction of sp³-hybridized carbons (Fsp3) is 0.571. The average molecular weight is 265 g/mol. The molecular formula is C14H19NO4. The molecule has 0 bridgehead atoms. The molecular weight excluding hydrogens is 246 g/mol. The van der Waals surface area contributed by atoms with Gasteiger partial charge in [0.25, 0.3) is 0 Å². The van der Waals surface area contributed by atoms with E-state index < -0.39 is 5.97 Å². The standard InChI is InChI=1S/C14H19NO4/c1-14(6-3-2-4-7-14)15-12(16)9-11-10(13(17)18)5-8-19-11/h5,8H,2-4,6-7,9H2,1H3,(H,15,16)(H,17,18). The van der Waals surface area contributed by atoms with Gasteiger partial charge in [0.15, 0.2) is 0 Å². The van der Waals surface area contributed by atoms with Crippen LogP contribution < -0.4 is 5.32 Å². The summed E-state index contributed by atoms with van der Waals surface area (Å²) in [6.45, 7) is 2.05. The van der Waals surface area contributed by atoms with Crippen LogP contribution in [0.5, 0.6) is 0 Å². The summed E-state index contributed by atoms with van der Waals surface area (Å²) in [6, 6.07) is 1.37. The molecule has 1 saturated carbocycles. The van der Waals surface area contributed by atoms with E-state index in [1.54, 1.807) is 0 Å². The number of carbonyl (C=O) groups is 2. The molecule has 1 aromatic rings. The topological polar surface area (TPSA) is 79.5 Å². The molecule has 1 fully saturated rings. The minimum atomic E-state index is -1.07. The van der Waals surface area contributed by atoms with Crippen molar-refractivity contribution in [3.63, 3.8) is 0 Å². The smallest absolute Gasteiger partial charge is 0.339 e. The first kappa shape index (κ1) is 13.6. The van der Waals surface area contributed by atoms with E-state index in [1.165, 1.54) is 18.8 Å². The monoisotopic (exact) mass is 265 g/mol. The van der Waals surface area contributed by atoms with Crippen LogP contribution in [0.3, 0.4) is 0 Å². The summed E-state index contributed by atoms with van der Waals surface area (Å²) < 4.78 is 5.08. The van der Waals surface area contributed by atoms with E-state index in [0.29, 0.717) is 0 Å². The van der Waals surface area contributed by atoms with Gasteiger partial charge < -0.3 is 14.8 Å². The SMILES string of the molecule is CC1(NC(=O)Cc2occc2C(=O)O)CCCCC1. The van der Waals surface area contributed by atoms with Gasteiger partial charge in [0.1, 0.15) is 11.3 Å². The van der Waals surface area contributed by atoms with E-state index in [2.05, 4.69) is 5.32 Å². The molecule has 0 aliphatic heterocycles. The zero-order chi connectivity index (χ0) is 13.9. The Morgan fingerprint density at radius 3 is 2.68 bits per heavy atom. The summed E-state index contributed by atoms with van der Waals surface area (Å²) in [4.78, 5) is 22.9. The lowest BCUT2D eigenvalue weighted by atomic mass is 9.83. The van der Waals surface area contributed by atoms with Gasteiger partial charge in [-0.1, -0.05) is 19.3 Å². The van der Waals surface area contributed by atoms with Gasteiger partial charge in [-0.25, -0.2) is 4.79 Å². The largest absolute Gasteiger partial charge is 0.478 e. The molecule has 0 spiro atoms. The van der Waals surface area contributed by atoms with Crippen molar-refractivity contribution < 1.29 is 19.1 Å². The molecule has 1 aliphatic carbocycles. The lowest BCUT2D eigenvalue weighted by Crippen LogP contribution is -2.47. The molecule has 2 N–H and O–H groups in total. The van der Waals surface area contributed by atoms with Crippen LogP contribution in [-0.2, 0) is 11.2 Å². The zero-order valence-electron chi connectivity index (χ0n) is 11.1. The van der Waals surface area contributed by atoms with Crippen LogP contribution in [0.4, 0.5) is 0 Å². The van der Waals surface area contributed by atoms with Crippen molar-refractivity contribution in [3.05, 3.63) is 23.7 Å². The van der Waals surface area contributed by atoms with Gasteiger partial charge in [-0.2, -0.15) is 0 Å². The predicted molar refractivity (Wildman–Crippen MR) is 69.0 cm³/mol. The van der Waals surface area contributed by atoms with Gasteiger partial charge in [-0.05, 0) is 25.8 Å². The van der Waals surface area contributed by atoms with Crippen molar-refractivity contribution in [1.29, 1.82) is 0 Å². The summed E-state index contributed by atoms with van der Waals surface area (Å²) in [5.74, 6) is -1.04. The highest BCUT2D eigenvalue weighted by Gasteiger charge is 2.29. The third kappa shape index (κ3) is 3.36. The van der Waals surface area contributed by atoms with E-state index in [-0.39, 0.29) is 29.2 Å². The number of amides is 1. The summed E-state index contributed by atoms with van der Waals surface area (Å²) >= 11 is 0. The van der Waals surface area contributed by atoms with Gasteiger partial charge in [-0.3, -0.25) is 4.79 Å². The Kier molecular flexibility index (Phi) is 3.93. The Bertz CT molecular complexity index is 472. The Morgan fingerprint density at radius 2 is 2.05 bits per heavy atom. The normalized spacial score (nSPS) is 17.9. The Balaban J connectivity index is 1.97. The minimum Gasteiger partial charge on any atom is -0.478 e. The molecule has 104 valence electrons. The van der Waals surface area contributed by atoms with Gasteiger partial charge in [-0.15, -0.1) is 0 Å². The number of rotatable bonds is 4. The summed E-state index contributed by atoms with van der Waals surface area (Å²) in [6.07, 6.45) is 6.69. The number of carboxylic acids is 1. The van der Waals surface area contributed by atoms with Crippen LogP contribution in [0.15, 0.2) is 16.7 Å². The summed E-state index contributed by atoms with van der Waals surface area (Å²) in [5.41, 5.74) is -0.102. The second kappa shape index (κ2) is 5.47. The molecule has 2 rings (SSSR count). The maximum absolute atomic E-state index is 12.0. The van der Waals surface area contributed by atoms with Crippen LogP contribution in [0.1, 0.15) is 55.1 Å². The van der Waals surface area contributed by atoms with Crippen molar-refractivity contribution in [2.75, 3.05) is 0 Å². The maximum Gasteiger partial charge on any atom is 0.339 e. The second-order valence-corrected chi connectivity index (χ2v) is 5.41. The average Bonchev–Trinajstić information content (AvgIpc) is 2.77. The molecule has 1 heterocycles. The molecule has 0 aromatic carbocycles. The van der Waals surface area contributed by atoms with Crippen molar-refractivity contribution in [1.82, 2.24) is 5.32 Å². The van der Waals surface area contributed by atoms with Gasteiger partial charge in [0, 0.05) is 5.54 Å². The van der Waals surface area contributed by atoms with Crippen LogP contribution in [0.25, 0.3) is 0 Å². The molecule has 19 heavy (non-hydrogen) atoms. The number of hydrogen-bond donors (Lipinski definition) is 2. The number of furan rings is 1. The third-order valence-electron chi connectivity index (χ3n) is 3.70. The van der Waals surface area contributed by atoms with E-state index in [9.17, 15) is 9.59 Å². The molecule has 0 radical (unpaired) electrons. The van der Waals surface area contributed by atoms with E-state index in [0.717, 1.165) is 25.7 Å². The predicted octanol–water partition coefficient (Wildman–Crippen LogP) is 2.36. The molecule has 5 nitrogen and oxygen atoms in total. The molecule has 5 heteroatoms. The van der Waals surface area contributed by atoms with Crippen LogP contribution >= 0.6 is 0 Å². The van der Waals surface area contributed by atoms with Crippen LogP contribution in [0.2, 0.25) is 0 Å². The number of carboxylic acid groups (broad SMARTS) is 1. The van der Waals surface area contributed by atoms with Crippen molar-refractivity contribution >= 4 is 11.9 Å². The molecule has 1 amide bonds. The van der Waals surface area contributed by atoms with Crippen molar-refractivity contribution in [2.45, 2.75) is 51.0 Å². The van der Waals surface area contributed by atoms with E-state index in [1.807, 2.05) is 6.92 Å². The van der Waals surface area contributed by atoms with Crippen molar-refractivity contribution in [2.24, 2.45) is 0 Å². The molecule has 0 atom stereocenters. The first-order valence-electron chi connectivity index (χ1n) is 6.61. The number of carbonyl (C=O) groups excluding carboxylic acids is 1. The second-order valence-electron chi connectivity index (χ2n) is 5.41. The minimum absolute atomic E-state index is 0.0236. The highest BCUT2D eigenvalue weighted by molar-refractivity contribution is 5.90. The fourth-order valence-electron chi connectivity index (χ4n) is 2.65. The summed E-state index contributed by atoms with van der Waals surface area (Å²) in [5, 5.41) is 12.0. The van der Waals surface area contributed by atoms with Crippen molar-refractivity contribution in [3.8, 4) is 0 Å². The first-order chi connectivity index (χ1) is 9.00. The number of aromatic carboxylic acids is 1. The Hall–Kier alpha value is -1.78. The van der Waals surface area contributed by atoms with Gasteiger partial charge >= 0.3 is 5.97 Å². The number of hydrogen-bond acceptors (Lipinski definition) is 3. The van der Waals surface area contributed by atoms with Gasteiger partial charge in [0.2, 0.25) is 5.91 Å².